The van der Waals surface area contributed by atoms with Crippen LogP contribution in [0, 0.1) is 6.92 Å². The molecule has 0 saturated heterocycles. The second-order valence-corrected chi connectivity index (χ2v) is 4.58. The molecular formula is C12H14N4OS. The molecule has 1 aromatic heterocycles. The van der Waals surface area contributed by atoms with E-state index in [1.54, 1.807) is 6.92 Å². The van der Waals surface area contributed by atoms with Gasteiger partial charge in [-0.15, -0.1) is 5.10 Å². The molecule has 0 bridgehead atoms. The number of rotatable bonds is 4. The molecule has 1 heterocycles. The summed E-state index contributed by atoms with van der Waals surface area (Å²) in [6, 6.07) is 7.70. The SMILES string of the molecule is CNCc1ccccc1NC(=O)c1snnc1C. The van der Waals surface area contributed by atoms with Crippen LogP contribution in [0.5, 0.6) is 0 Å². The van der Waals surface area contributed by atoms with Gasteiger partial charge in [0.05, 0.1) is 5.69 Å². The van der Waals surface area contributed by atoms with E-state index < -0.39 is 0 Å². The summed E-state index contributed by atoms with van der Waals surface area (Å²) in [7, 11) is 1.87. The van der Waals surface area contributed by atoms with E-state index in [0.29, 0.717) is 17.1 Å². The molecule has 0 saturated carbocycles. The number of carbonyl (C=O) groups excluding carboxylic acids is 1. The third-order valence-electron chi connectivity index (χ3n) is 2.49. The molecule has 1 amide bonds. The van der Waals surface area contributed by atoms with Crippen LogP contribution in [0.1, 0.15) is 20.9 Å². The molecule has 2 rings (SSSR count). The molecule has 0 radical (unpaired) electrons. The lowest BCUT2D eigenvalue weighted by molar-refractivity contribution is 0.102. The quantitative estimate of drug-likeness (QED) is 0.882. The highest BCUT2D eigenvalue weighted by molar-refractivity contribution is 7.08. The van der Waals surface area contributed by atoms with E-state index in [-0.39, 0.29) is 5.91 Å². The zero-order valence-corrected chi connectivity index (χ0v) is 11.0. The highest BCUT2D eigenvalue weighted by Crippen LogP contribution is 2.17. The lowest BCUT2D eigenvalue weighted by Gasteiger charge is -2.09. The van der Waals surface area contributed by atoms with Crippen molar-refractivity contribution in [2.45, 2.75) is 13.5 Å². The molecule has 0 fully saturated rings. The van der Waals surface area contributed by atoms with Gasteiger partial charge in [0.2, 0.25) is 0 Å². The van der Waals surface area contributed by atoms with Crippen molar-refractivity contribution in [2.24, 2.45) is 0 Å². The summed E-state index contributed by atoms with van der Waals surface area (Å²) in [5.41, 5.74) is 2.51. The van der Waals surface area contributed by atoms with Crippen LogP contribution in [0.3, 0.4) is 0 Å². The minimum Gasteiger partial charge on any atom is -0.321 e. The van der Waals surface area contributed by atoms with Crippen molar-refractivity contribution in [3.63, 3.8) is 0 Å². The number of hydrogen-bond acceptors (Lipinski definition) is 5. The Kier molecular flexibility index (Phi) is 4.01. The van der Waals surface area contributed by atoms with Crippen LogP contribution in [0.4, 0.5) is 5.69 Å². The van der Waals surface area contributed by atoms with Crippen LogP contribution in [-0.4, -0.2) is 22.5 Å². The van der Waals surface area contributed by atoms with Crippen molar-refractivity contribution in [3.05, 3.63) is 40.4 Å². The monoisotopic (exact) mass is 262 g/mol. The fourth-order valence-corrected chi connectivity index (χ4v) is 2.16. The molecule has 1 aromatic carbocycles. The van der Waals surface area contributed by atoms with Crippen LogP contribution in [0.2, 0.25) is 0 Å². The summed E-state index contributed by atoms with van der Waals surface area (Å²) in [5, 5.41) is 9.79. The third-order valence-corrected chi connectivity index (χ3v) is 3.32. The van der Waals surface area contributed by atoms with Gasteiger partial charge >= 0.3 is 0 Å². The van der Waals surface area contributed by atoms with Crippen molar-refractivity contribution in [2.75, 3.05) is 12.4 Å². The molecular weight excluding hydrogens is 248 g/mol. The van der Waals surface area contributed by atoms with Crippen molar-refractivity contribution < 1.29 is 4.79 Å². The van der Waals surface area contributed by atoms with E-state index in [4.69, 9.17) is 0 Å². The van der Waals surface area contributed by atoms with Crippen LogP contribution in [-0.2, 0) is 6.54 Å². The molecule has 18 heavy (non-hydrogen) atoms. The Morgan fingerprint density at radius 3 is 2.83 bits per heavy atom. The number of anilines is 1. The van der Waals surface area contributed by atoms with E-state index in [2.05, 4.69) is 20.2 Å². The molecule has 6 heteroatoms. The maximum absolute atomic E-state index is 12.1. The van der Waals surface area contributed by atoms with Gasteiger partial charge in [-0.05, 0) is 37.1 Å². The first-order valence-corrected chi connectivity index (χ1v) is 6.32. The Morgan fingerprint density at radius 1 is 1.39 bits per heavy atom. The van der Waals surface area contributed by atoms with Crippen LogP contribution in [0.25, 0.3) is 0 Å². The number of nitrogens with zero attached hydrogens (tertiary/aromatic N) is 2. The summed E-state index contributed by atoms with van der Waals surface area (Å²) < 4.78 is 3.76. The second kappa shape index (κ2) is 5.70. The van der Waals surface area contributed by atoms with Gasteiger partial charge in [-0.2, -0.15) is 0 Å². The first kappa shape index (κ1) is 12.7. The fraction of sp³-hybridized carbons (Fsp3) is 0.250. The number of para-hydroxylation sites is 1. The maximum atomic E-state index is 12.1. The number of carbonyl (C=O) groups is 1. The summed E-state index contributed by atoms with van der Waals surface area (Å²) in [4.78, 5) is 12.6. The minimum atomic E-state index is -0.161. The van der Waals surface area contributed by atoms with Gasteiger partial charge < -0.3 is 10.6 Å². The average Bonchev–Trinajstić information content (AvgIpc) is 2.78. The Hall–Kier alpha value is -1.79. The van der Waals surface area contributed by atoms with E-state index >= 15 is 0 Å². The van der Waals surface area contributed by atoms with Gasteiger partial charge in [0.25, 0.3) is 5.91 Å². The molecule has 0 unspecified atom stereocenters. The summed E-state index contributed by atoms with van der Waals surface area (Å²) >= 11 is 1.11. The van der Waals surface area contributed by atoms with Crippen LogP contribution >= 0.6 is 11.5 Å². The number of hydrogen-bond donors (Lipinski definition) is 2. The predicted molar refractivity (Wildman–Crippen MR) is 71.8 cm³/mol. The maximum Gasteiger partial charge on any atom is 0.269 e. The molecule has 0 atom stereocenters. The van der Waals surface area contributed by atoms with Gasteiger partial charge in [0.15, 0.2) is 0 Å². The molecule has 2 N–H and O–H groups in total. The Labute approximate surface area is 109 Å². The first-order valence-electron chi connectivity index (χ1n) is 5.55. The predicted octanol–water partition coefficient (Wildman–Crippen LogP) is 1.82. The van der Waals surface area contributed by atoms with Gasteiger partial charge in [0, 0.05) is 12.2 Å². The van der Waals surface area contributed by atoms with E-state index in [0.717, 1.165) is 22.8 Å². The highest BCUT2D eigenvalue weighted by atomic mass is 32.1. The third kappa shape index (κ3) is 2.72. The van der Waals surface area contributed by atoms with Crippen molar-refractivity contribution in [1.29, 1.82) is 0 Å². The summed E-state index contributed by atoms with van der Waals surface area (Å²) in [5.74, 6) is -0.161. The minimum absolute atomic E-state index is 0.161. The molecule has 2 aromatic rings. The molecule has 94 valence electrons. The van der Waals surface area contributed by atoms with Gasteiger partial charge in [0.1, 0.15) is 4.88 Å². The van der Waals surface area contributed by atoms with Crippen molar-refractivity contribution >= 4 is 23.1 Å². The topological polar surface area (TPSA) is 66.9 Å². The van der Waals surface area contributed by atoms with Crippen LogP contribution in [0.15, 0.2) is 24.3 Å². The number of aryl methyl sites for hydroxylation is 1. The van der Waals surface area contributed by atoms with Crippen LogP contribution < -0.4 is 10.6 Å². The van der Waals surface area contributed by atoms with Crippen molar-refractivity contribution in [1.82, 2.24) is 14.9 Å². The molecule has 0 aliphatic rings. The zero-order valence-electron chi connectivity index (χ0n) is 10.2. The van der Waals surface area contributed by atoms with E-state index in [9.17, 15) is 4.79 Å². The largest absolute Gasteiger partial charge is 0.321 e. The smallest absolute Gasteiger partial charge is 0.269 e. The summed E-state index contributed by atoms with van der Waals surface area (Å²) in [6.07, 6.45) is 0. The number of amides is 1. The van der Waals surface area contributed by atoms with Gasteiger partial charge in [-0.3, -0.25) is 4.79 Å². The second-order valence-electron chi connectivity index (χ2n) is 3.83. The fourth-order valence-electron chi connectivity index (χ4n) is 1.61. The number of nitrogens with one attached hydrogen (secondary N) is 2. The first-order chi connectivity index (χ1) is 8.72. The molecule has 5 nitrogen and oxygen atoms in total. The normalized spacial score (nSPS) is 10.3. The van der Waals surface area contributed by atoms with Gasteiger partial charge in [-0.1, -0.05) is 22.7 Å². The van der Waals surface area contributed by atoms with E-state index in [1.807, 2.05) is 31.3 Å². The lowest BCUT2D eigenvalue weighted by atomic mass is 10.1. The Bertz CT molecular complexity index is 553. The van der Waals surface area contributed by atoms with Crippen molar-refractivity contribution in [3.8, 4) is 0 Å². The molecule has 0 spiro atoms. The van der Waals surface area contributed by atoms with Gasteiger partial charge in [-0.25, -0.2) is 0 Å². The lowest BCUT2D eigenvalue weighted by Crippen LogP contribution is -2.15. The standard InChI is InChI=1S/C12H14N4OS/c1-8-11(18-16-15-8)12(17)14-10-6-4-3-5-9(10)7-13-2/h3-6,13H,7H2,1-2H3,(H,14,17). The zero-order chi connectivity index (χ0) is 13.0. The van der Waals surface area contributed by atoms with E-state index in [1.165, 1.54) is 0 Å². The summed E-state index contributed by atoms with van der Waals surface area (Å²) in [6.45, 7) is 2.48. The average molecular weight is 262 g/mol. The number of benzene rings is 1. The molecule has 0 aliphatic heterocycles. The Balaban J connectivity index is 2.19. The Morgan fingerprint density at radius 2 is 2.17 bits per heavy atom. The molecule has 0 aliphatic carbocycles. The number of aromatic nitrogens is 2. The highest BCUT2D eigenvalue weighted by Gasteiger charge is 2.14.